The second-order valence-corrected chi connectivity index (χ2v) is 5.71. The Labute approximate surface area is 118 Å². The van der Waals surface area contributed by atoms with Crippen molar-refractivity contribution >= 4 is 5.91 Å². The molecule has 110 valence electrons. The first-order valence-corrected chi connectivity index (χ1v) is 7.24. The van der Waals surface area contributed by atoms with Crippen LogP contribution < -0.4 is 11.3 Å². The van der Waals surface area contributed by atoms with E-state index in [0.29, 0.717) is 0 Å². The standard InChI is InChI=1S/C14H22N4O2/c1-10-11(8-13(20-10)14(19)16-15)9-17-4-6-18(7-5-17)12-2-3-12/h8,12H,2-7,9,15H2,1H3,(H,16,19). The molecule has 0 atom stereocenters. The first kappa shape index (κ1) is 13.6. The van der Waals surface area contributed by atoms with Gasteiger partial charge in [0, 0.05) is 44.3 Å². The average Bonchev–Trinajstić information content (AvgIpc) is 3.24. The molecule has 2 heterocycles. The number of amides is 1. The fourth-order valence-electron chi connectivity index (χ4n) is 2.83. The molecule has 1 saturated carbocycles. The number of carbonyl (C=O) groups is 1. The zero-order chi connectivity index (χ0) is 14.1. The third kappa shape index (κ3) is 2.87. The van der Waals surface area contributed by atoms with Crippen LogP contribution in [0.25, 0.3) is 0 Å². The summed E-state index contributed by atoms with van der Waals surface area (Å²) in [5.41, 5.74) is 3.17. The lowest BCUT2D eigenvalue weighted by Gasteiger charge is -2.34. The van der Waals surface area contributed by atoms with Crippen molar-refractivity contribution in [1.29, 1.82) is 0 Å². The molecule has 1 aromatic heterocycles. The molecule has 0 aromatic carbocycles. The highest BCUT2D eigenvalue weighted by Gasteiger charge is 2.31. The molecular weight excluding hydrogens is 256 g/mol. The topological polar surface area (TPSA) is 74.7 Å². The van der Waals surface area contributed by atoms with Crippen LogP contribution in [0.2, 0.25) is 0 Å². The maximum absolute atomic E-state index is 11.4. The lowest BCUT2D eigenvalue weighted by Crippen LogP contribution is -2.46. The summed E-state index contributed by atoms with van der Waals surface area (Å²) in [6.45, 7) is 7.20. The van der Waals surface area contributed by atoms with E-state index in [1.54, 1.807) is 6.07 Å². The number of nitrogen functional groups attached to an aromatic ring is 1. The summed E-state index contributed by atoms with van der Waals surface area (Å²) in [5, 5.41) is 0. The van der Waals surface area contributed by atoms with E-state index in [1.165, 1.54) is 12.8 Å². The molecule has 6 heteroatoms. The third-order valence-electron chi connectivity index (χ3n) is 4.24. The number of piperazine rings is 1. The molecule has 0 unspecified atom stereocenters. The number of hydrogen-bond donors (Lipinski definition) is 2. The summed E-state index contributed by atoms with van der Waals surface area (Å²) in [4.78, 5) is 16.5. The number of nitrogens with zero attached hydrogens (tertiary/aromatic N) is 2. The quantitative estimate of drug-likeness (QED) is 0.476. The van der Waals surface area contributed by atoms with Gasteiger partial charge in [0.2, 0.25) is 0 Å². The van der Waals surface area contributed by atoms with E-state index in [1.807, 2.05) is 6.92 Å². The Morgan fingerprint density at radius 3 is 2.70 bits per heavy atom. The number of aryl methyl sites for hydroxylation is 1. The lowest BCUT2D eigenvalue weighted by molar-refractivity contribution is 0.0924. The van der Waals surface area contributed by atoms with Crippen molar-refractivity contribution < 1.29 is 9.21 Å². The number of hydrazine groups is 1. The molecule has 3 rings (SSSR count). The second kappa shape index (κ2) is 5.55. The van der Waals surface area contributed by atoms with Crippen molar-refractivity contribution in [2.24, 2.45) is 5.84 Å². The van der Waals surface area contributed by atoms with Crippen LogP contribution in [0.1, 0.15) is 34.7 Å². The summed E-state index contributed by atoms with van der Waals surface area (Å²) < 4.78 is 5.45. The van der Waals surface area contributed by atoms with E-state index in [0.717, 1.165) is 50.1 Å². The summed E-state index contributed by atoms with van der Waals surface area (Å²) in [5.74, 6) is 5.83. The van der Waals surface area contributed by atoms with Crippen LogP contribution in [0.3, 0.4) is 0 Å². The monoisotopic (exact) mass is 278 g/mol. The second-order valence-electron chi connectivity index (χ2n) is 5.71. The molecular formula is C14H22N4O2. The Morgan fingerprint density at radius 2 is 2.10 bits per heavy atom. The van der Waals surface area contributed by atoms with Gasteiger partial charge in [0.05, 0.1) is 0 Å². The highest BCUT2D eigenvalue weighted by atomic mass is 16.4. The smallest absolute Gasteiger partial charge is 0.300 e. The maximum Gasteiger partial charge on any atom is 0.300 e. The average molecular weight is 278 g/mol. The molecule has 2 aliphatic rings. The zero-order valence-electron chi connectivity index (χ0n) is 11.9. The van der Waals surface area contributed by atoms with Gasteiger partial charge in [-0.15, -0.1) is 0 Å². The Bertz CT molecular complexity index is 487. The highest BCUT2D eigenvalue weighted by molar-refractivity contribution is 5.91. The van der Waals surface area contributed by atoms with Crippen molar-refractivity contribution in [3.8, 4) is 0 Å². The van der Waals surface area contributed by atoms with Crippen molar-refractivity contribution in [3.05, 3.63) is 23.2 Å². The van der Waals surface area contributed by atoms with Gasteiger partial charge >= 0.3 is 5.91 Å². The van der Waals surface area contributed by atoms with Crippen LogP contribution in [-0.2, 0) is 6.54 Å². The van der Waals surface area contributed by atoms with Gasteiger partial charge in [0.1, 0.15) is 5.76 Å². The zero-order valence-corrected chi connectivity index (χ0v) is 11.9. The first-order valence-electron chi connectivity index (χ1n) is 7.24. The van der Waals surface area contributed by atoms with Crippen LogP contribution in [0, 0.1) is 6.92 Å². The van der Waals surface area contributed by atoms with Gasteiger partial charge in [0.25, 0.3) is 0 Å². The molecule has 1 aliphatic carbocycles. The molecule has 2 fully saturated rings. The molecule has 0 spiro atoms. The molecule has 1 amide bonds. The minimum Gasteiger partial charge on any atom is -0.456 e. The van der Waals surface area contributed by atoms with Crippen molar-refractivity contribution in [2.45, 2.75) is 32.4 Å². The summed E-state index contributed by atoms with van der Waals surface area (Å²) in [6.07, 6.45) is 2.75. The van der Waals surface area contributed by atoms with Crippen LogP contribution >= 0.6 is 0 Å². The van der Waals surface area contributed by atoms with Crippen LogP contribution in [0.5, 0.6) is 0 Å². The molecule has 1 saturated heterocycles. The minimum absolute atomic E-state index is 0.289. The normalized spacial score (nSPS) is 21.1. The molecule has 0 radical (unpaired) electrons. The number of nitrogens with one attached hydrogen (secondary N) is 1. The van der Waals surface area contributed by atoms with Gasteiger partial charge < -0.3 is 4.42 Å². The van der Waals surface area contributed by atoms with Crippen LogP contribution in [0.15, 0.2) is 10.5 Å². The van der Waals surface area contributed by atoms with Gasteiger partial charge in [-0.2, -0.15) is 0 Å². The molecule has 0 bridgehead atoms. The van der Waals surface area contributed by atoms with Crippen molar-refractivity contribution in [3.63, 3.8) is 0 Å². The number of carbonyl (C=O) groups excluding carboxylic acids is 1. The minimum atomic E-state index is -0.377. The van der Waals surface area contributed by atoms with E-state index < -0.39 is 0 Å². The Balaban J connectivity index is 1.57. The third-order valence-corrected chi connectivity index (χ3v) is 4.24. The summed E-state index contributed by atoms with van der Waals surface area (Å²) in [6, 6.07) is 2.65. The number of rotatable bonds is 4. The largest absolute Gasteiger partial charge is 0.456 e. The van der Waals surface area contributed by atoms with E-state index in [9.17, 15) is 4.79 Å². The van der Waals surface area contributed by atoms with Crippen LogP contribution in [0.4, 0.5) is 0 Å². The van der Waals surface area contributed by atoms with E-state index >= 15 is 0 Å². The Kier molecular flexibility index (Phi) is 3.78. The van der Waals surface area contributed by atoms with Crippen molar-refractivity contribution in [2.75, 3.05) is 26.2 Å². The molecule has 1 aromatic rings. The SMILES string of the molecule is Cc1oc(C(=O)NN)cc1CN1CCN(C2CC2)CC1. The van der Waals surface area contributed by atoms with E-state index in [-0.39, 0.29) is 11.7 Å². The fourth-order valence-corrected chi connectivity index (χ4v) is 2.83. The molecule has 20 heavy (non-hydrogen) atoms. The number of hydrogen-bond acceptors (Lipinski definition) is 5. The van der Waals surface area contributed by atoms with Gasteiger partial charge in [-0.25, -0.2) is 5.84 Å². The Morgan fingerprint density at radius 1 is 1.40 bits per heavy atom. The predicted molar refractivity (Wildman–Crippen MR) is 75.0 cm³/mol. The van der Waals surface area contributed by atoms with Gasteiger partial charge in [-0.3, -0.25) is 20.0 Å². The van der Waals surface area contributed by atoms with E-state index in [4.69, 9.17) is 10.3 Å². The maximum atomic E-state index is 11.4. The summed E-state index contributed by atoms with van der Waals surface area (Å²) >= 11 is 0. The molecule has 3 N–H and O–H groups in total. The number of furan rings is 1. The highest BCUT2D eigenvalue weighted by Crippen LogP contribution is 2.28. The number of nitrogens with two attached hydrogens (primary N) is 1. The fraction of sp³-hybridized carbons (Fsp3) is 0.643. The van der Waals surface area contributed by atoms with Crippen LogP contribution in [-0.4, -0.2) is 47.9 Å². The molecule has 6 nitrogen and oxygen atoms in total. The van der Waals surface area contributed by atoms with Crippen molar-refractivity contribution in [1.82, 2.24) is 15.2 Å². The van der Waals surface area contributed by atoms with Gasteiger partial charge in [-0.05, 0) is 25.8 Å². The lowest BCUT2D eigenvalue weighted by atomic mass is 10.2. The van der Waals surface area contributed by atoms with Gasteiger partial charge in [-0.1, -0.05) is 0 Å². The Hall–Kier alpha value is -1.37. The molecule has 1 aliphatic heterocycles. The predicted octanol–water partition coefficient (Wildman–Crippen LogP) is 0.472. The summed E-state index contributed by atoms with van der Waals surface area (Å²) in [7, 11) is 0. The van der Waals surface area contributed by atoms with E-state index in [2.05, 4.69) is 15.2 Å². The van der Waals surface area contributed by atoms with Gasteiger partial charge in [0.15, 0.2) is 5.76 Å². The first-order chi connectivity index (χ1) is 9.67.